The van der Waals surface area contributed by atoms with Crippen molar-refractivity contribution in [3.63, 3.8) is 0 Å². The molecule has 0 amide bonds. The van der Waals surface area contributed by atoms with Crippen molar-refractivity contribution in [2.24, 2.45) is 0 Å². The van der Waals surface area contributed by atoms with Crippen LogP contribution in [0.2, 0.25) is 0 Å². The van der Waals surface area contributed by atoms with Gasteiger partial charge in [-0.05, 0) is 20.3 Å². The summed E-state index contributed by atoms with van der Waals surface area (Å²) in [4.78, 5) is 12.0. The summed E-state index contributed by atoms with van der Waals surface area (Å²) in [5, 5.41) is 93.7. The van der Waals surface area contributed by atoms with Gasteiger partial charge in [-0.3, -0.25) is 4.79 Å². The number of aliphatic hydroxyl groups is 9. The minimum absolute atomic E-state index is 0.231. The van der Waals surface area contributed by atoms with E-state index < -0.39 is 123 Å². The van der Waals surface area contributed by atoms with E-state index in [9.17, 15) is 50.8 Å². The Morgan fingerprint density at radius 1 is 0.636 bits per heavy atom. The number of carbonyl (C=O) groups excluding carboxylic acids is 1. The fourth-order valence-corrected chi connectivity index (χ4v) is 5.68. The molecule has 256 valence electrons. The van der Waals surface area contributed by atoms with Crippen LogP contribution in [0.5, 0.6) is 0 Å². The zero-order valence-corrected chi connectivity index (χ0v) is 24.6. The Kier molecular flexibility index (Phi) is 11.9. The number of hydrogen-bond acceptors (Lipinski definition) is 18. The number of carbonyl (C=O) groups is 1. The van der Waals surface area contributed by atoms with E-state index in [0.29, 0.717) is 0 Å². The Morgan fingerprint density at radius 2 is 1.18 bits per heavy atom. The number of rotatable bonds is 8. The summed E-state index contributed by atoms with van der Waals surface area (Å²) in [6, 6.07) is 0. The average molecular weight is 645 g/mol. The molecule has 4 fully saturated rings. The molecule has 4 heterocycles. The molecule has 44 heavy (non-hydrogen) atoms. The first-order valence-electron chi connectivity index (χ1n) is 14.5. The average Bonchev–Trinajstić information content (AvgIpc) is 2.97. The fraction of sp³-hybridized carbons (Fsp3) is 0.962. The van der Waals surface area contributed by atoms with Crippen LogP contribution in [0.25, 0.3) is 0 Å². The van der Waals surface area contributed by atoms with Crippen molar-refractivity contribution < 1.29 is 88.6 Å². The van der Waals surface area contributed by atoms with Crippen molar-refractivity contribution in [2.45, 2.75) is 151 Å². The molecular formula is C26H44O18. The summed E-state index contributed by atoms with van der Waals surface area (Å²) >= 11 is 0. The van der Waals surface area contributed by atoms with Gasteiger partial charge in [0.15, 0.2) is 31.3 Å². The zero-order chi connectivity index (χ0) is 32.6. The van der Waals surface area contributed by atoms with Crippen molar-refractivity contribution in [3.05, 3.63) is 0 Å². The highest BCUT2D eigenvalue weighted by atomic mass is 16.8. The molecule has 0 aromatic rings. The van der Waals surface area contributed by atoms with Gasteiger partial charge in [0.1, 0.15) is 67.1 Å². The quantitative estimate of drug-likeness (QED) is 0.112. The van der Waals surface area contributed by atoms with E-state index in [1.54, 1.807) is 6.92 Å². The molecule has 19 atom stereocenters. The van der Waals surface area contributed by atoms with E-state index in [1.807, 2.05) is 0 Å². The lowest BCUT2D eigenvalue weighted by Crippen LogP contribution is -2.66. The molecule has 0 aromatic carbocycles. The van der Waals surface area contributed by atoms with Crippen molar-refractivity contribution in [3.8, 4) is 0 Å². The van der Waals surface area contributed by atoms with Gasteiger partial charge in [0.25, 0.3) is 0 Å². The fourth-order valence-electron chi connectivity index (χ4n) is 5.68. The zero-order valence-electron chi connectivity index (χ0n) is 24.6. The number of hydrogen-bond donors (Lipinski definition) is 9. The van der Waals surface area contributed by atoms with Crippen LogP contribution in [-0.4, -0.2) is 175 Å². The minimum Gasteiger partial charge on any atom is -0.457 e. The molecule has 0 radical (unpaired) electrons. The van der Waals surface area contributed by atoms with E-state index in [2.05, 4.69) is 0 Å². The van der Waals surface area contributed by atoms with Crippen molar-refractivity contribution in [1.29, 1.82) is 0 Å². The highest BCUT2D eigenvalue weighted by molar-refractivity contribution is 5.66. The molecule has 0 saturated carbocycles. The maximum atomic E-state index is 12.0. The topological polar surface area (TPSA) is 273 Å². The molecule has 0 spiro atoms. The molecule has 19 unspecified atom stereocenters. The lowest BCUT2D eigenvalue weighted by Gasteiger charge is -2.49. The van der Waals surface area contributed by atoms with Gasteiger partial charge in [-0.15, -0.1) is 0 Å². The molecule has 4 aliphatic heterocycles. The Balaban J connectivity index is 1.53. The summed E-state index contributed by atoms with van der Waals surface area (Å²) < 4.78 is 44.9. The second-order valence-corrected chi connectivity index (χ2v) is 11.5. The molecule has 4 saturated heterocycles. The van der Waals surface area contributed by atoms with Gasteiger partial charge < -0.3 is 83.9 Å². The van der Waals surface area contributed by atoms with Gasteiger partial charge in [0.2, 0.25) is 0 Å². The molecule has 18 nitrogen and oxygen atoms in total. The molecule has 0 bridgehead atoms. The molecule has 9 N–H and O–H groups in total. The highest BCUT2D eigenvalue weighted by Crippen LogP contribution is 2.35. The maximum absolute atomic E-state index is 12.0. The molecule has 4 rings (SSSR count). The van der Waals surface area contributed by atoms with Crippen LogP contribution in [0, 0.1) is 0 Å². The summed E-state index contributed by atoms with van der Waals surface area (Å²) in [7, 11) is 0. The number of aliphatic hydroxyl groups excluding tert-OH is 9. The Morgan fingerprint density at radius 3 is 1.82 bits per heavy atom. The third-order valence-electron chi connectivity index (χ3n) is 8.22. The van der Waals surface area contributed by atoms with Gasteiger partial charge >= 0.3 is 5.97 Å². The van der Waals surface area contributed by atoms with Crippen molar-refractivity contribution in [2.75, 3.05) is 6.61 Å². The van der Waals surface area contributed by atoms with E-state index >= 15 is 0 Å². The lowest BCUT2D eigenvalue weighted by molar-refractivity contribution is -0.390. The van der Waals surface area contributed by atoms with Gasteiger partial charge in [-0.1, -0.05) is 6.92 Å². The molecular weight excluding hydrogens is 600 g/mol. The monoisotopic (exact) mass is 644 g/mol. The molecule has 0 aliphatic carbocycles. The van der Waals surface area contributed by atoms with Crippen LogP contribution in [0.1, 0.15) is 34.1 Å². The van der Waals surface area contributed by atoms with Crippen molar-refractivity contribution >= 4 is 5.97 Å². The van der Waals surface area contributed by atoms with Crippen LogP contribution < -0.4 is 0 Å². The predicted molar refractivity (Wildman–Crippen MR) is 138 cm³/mol. The predicted octanol–water partition coefficient (Wildman–Crippen LogP) is -5.07. The van der Waals surface area contributed by atoms with Crippen LogP contribution in [0.4, 0.5) is 0 Å². The number of esters is 1. The van der Waals surface area contributed by atoms with Crippen LogP contribution in [0.15, 0.2) is 0 Å². The Bertz CT molecular complexity index is 941. The first kappa shape index (κ1) is 35.7. The first-order valence-corrected chi connectivity index (χ1v) is 14.5. The SMILES string of the molecule is CCC1OC(OC2C(OC(C)=O)C(C)OC(O)C2OC2OC(C)C(OC3OCC(O)C(O)C3O)C(O)C2O)C(O)C(O)C1O. The second-order valence-electron chi connectivity index (χ2n) is 11.5. The summed E-state index contributed by atoms with van der Waals surface area (Å²) in [5.74, 6) is -0.760. The van der Waals surface area contributed by atoms with Crippen LogP contribution >= 0.6 is 0 Å². The third kappa shape index (κ3) is 7.36. The lowest BCUT2D eigenvalue weighted by atomic mass is 9.95. The largest absolute Gasteiger partial charge is 0.457 e. The summed E-state index contributed by atoms with van der Waals surface area (Å²) in [6.45, 7) is 5.31. The van der Waals surface area contributed by atoms with Gasteiger partial charge in [-0.2, -0.15) is 0 Å². The molecule has 18 heteroatoms. The molecule has 4 aliphatic rings. The van der Waals surface area contributed by atoms with Gasteiger partial charge in [-0.25, -0.2) is 0 Å². The normalized spacial score (nSPS) is 52.0. The highest BCUT2D eigenvalue weighted by Gasteiger charge is 2.55. The van der Waals surface area contributed by atoms with Gasteiger partial charge in [0.05, 0.1) is 24.9 Å². The third-order valence-corrected chi connectivity index (χ3v) is 8.22. The van der Waals surface area contributed by atoms with Crippen LogP contribution in [0.3, 0.4) is 0 Å². The smallest absolute Gasteiger partial charge is 0.303 e. The van der Waals surface area contributed by atoms with E-state index in [0.717, 1.165) is 6.92 Å². The van der Waals surface area contributed by atoms with Crippen molar-refractivity contribution in [1.82, 2.24) is 0 Å². The maximum Gasteiger partial charge on any atom is 0.303 e. The minimum atomic E-state index is -1.86. The molecule has 0 aromatic heterocycles. The van der Waals surface area contributed by atoms with E-state index in [1.165, 1.54) is 13.8 Å². The second kappa shape index (κ2) is 14.7. The summed E-state index contributed by atoms with van der Waals surface area (Å²) in [5.41, 5.74) is 0. The Hall–Kier alpha value is -1.17. The van der Waals surface area contributed by atoms with E-state index in [4.69, 9.17) is 37.9 Å². The Labute approximate surface area is 252 Å². The first-order chi connectivity index (χ1) is 20.7. The number of ether oxygens (including phenoxy) is 8. The van der Waals surface area contributed by atoms with Gasteiger partial charge in [0, 0.05) is 6.92 Å². The summed E-state index contributed by atoms with van der Waals surface area (Å²) in [6.07, 6.45) is -28.1. The van der Waals surface area contributed by atoms with Crippen LogP contribution in [-0.2, 0) is 42.7 Å². The van der Waals surface area contributed by atoms with E-state index in [-0.39, 0.29) is 13.0 Å². The standard InChI is InChI=1S/C26H44O18/c1-5-11-13(30)14(31)17(34)26(41-11)43-21-20(40-9(4)27)8(3)38-23(36)22(21)44-25-18(35)15(32)19(7(2)39-25)42-24-16(33)12(29)10(28)6-37-24/h7-8,10-26,28-36H,5-6H2,1-4H3.